The Balaban J connectivity index is 0.00000264. The minimum Gasteiger partial charge on any atom is -0.331 e. The Labute approximate surface area is 152 Å². The number of amides is 2. The van der Waals surface area contributed by atoms with E-state index < -0.39 is 6.04 Å². The van der Waals surface area contributed by atoms with E-state index in [1.54, 1.807) is 30.1 Å². The molecule has 0 saturated carbocycles. The minimum atomic E-state index is -0.429. The predicted octanol–water partition coefficient (Wildman–Crippen LogP) is 2.95. The van der Waals surface area contributed by atoms with E-state index in [1.165, 1.54) is 0 Å². The molecular formula is C15H20Cl3N3O2. The van der Waals surface area contributed by atoms with Crippen LogP contribution in [0.1, 0.15) is 19.3 Å². The van der Waals surface area contributed by atoms with Gasteiger partial charge in [-0.25, -0.2) is 0 Å². The van der Waals surface area contributed by atoms with Crippen LogP contribution in [0.4, 0.5) is 5.69 Å². The Kier molecular flexibility index (Phi) is 8.12. The molecule has 128 valence electrons. The molecule has 1 aliphatic heterocycles. The quantitative estimate of drug-likeness (QED) is 0.825. The molecule has 0 aliphatic carbocycles. The van der Waals surface area contributed by atoms with Gasteiger partial charge >= 0.3 is 0 Å². The van der Waals surface area contributed by atoms with Crippen LogP contribution >= 0.6 is 35.6 Å². The van der Waals surface area contributed by atoms with Crippen molar-refractivity contribution in [3.05, 3.63) is 28.2 Å². The van der Waals surface area contributed by atoms with E-state index >= 15 is 0 Å². The lowest BCUT2D eigenvalue weighted by molar-refractivity contribution is -0.136. The van der Waals surface area contributed by atoms with Crippen molar-refractivity contribution in [3.8, 4) is 0 Å². The molecule has 1 aromatic rings. The van der Waals surface area contributed by atoms with E-state index in [9.17, 15) is 9.59 Å². The number of halogens is 3. The Morgan fingerprint density at radius 2 is 1.91 bits per heavy atom. The van der Waals surface area contributed by atoms with Crippen molar-refractivity contribution in [1.82, 2.24) is 10.2 Å². The summed E-state index contributed by atoms with van der Waals surface area (Å²) < 4.78 is 0. The third-order valence-corrected chi connectivity index (χ3v) is 4.03. The summed E-state index contributed by atoms with van der Waals surface area (Å²) in [6.07, 6.45) is 1.90. The number of anilines is 1. The number of likely N-dealkylation sites (tertiary alicyclic amines) is 1. The zero-order valence-electron chi connectivity index (χ0n) is 12.8. The van der Waals surface area contributed by atoms with Crippen molar-refractivity contribution < 1.29 is 9.59 Å². The van der Waals surface area contributed by atoms with Crippen LogP contribution in [0.2, 0.25) is 10.0 Å². The highest BCUT2D eigenvalue weighted by molar-refractivity contribution is 6.35. The number of carbonyl (C=O) groups excluding carboxylic acids is 2. The number of benzene rings is 1. The van der Waals surface area contributed by atoms with Crippen LogP contribution in [-0.4, -0.2) is 42.9 Å². The lowest BCUT2D eigenvalue weighted by atomic mass is 10.2. The van der Waals surface area contributed by atoms with Gasteiger partial charge in [0.1, 0.15) is 6.04 Å². The molecule has 0 spiro atoms. The first kappa shape index (κ1) is 20.0. The Hall–Kier alpha value is -1.01. The average molecular weight is 381 g/mol. The molecule has 1 unspecified atom stereocenters. The van der Waals surface area contributed by atoms with Crippen LogP contribution in [0.3, 0.4) is 0 Å². The smallest absolute Gasteiger partial charge is 0.247 e. The van der Waals surface area contributed by atoms with Crippen LogP contribution < -0.4 is 10.6 Å². The van der Waals surface area contributed by atoms with Gasteiger partial charge in [-0.3, -0.25) is 9.59 Å². The molecule has 0 bridgehead atoms. The second-order valence-corrected chi connectivity index (χ2v) is 6.12. The van der Waals surface area contributed by atoms with Crippen molar-refractivity contribution in [3.63, 3.8) is 0 Å². The summed E-state index contributed by atoms with van der Waals surface area (Å²) >= 11 is 11.8. The summed E-state index contributed by atoms with van der Waals surface area (Å²) in [5.41, 5.74) is 0.539. The number of carbonyl (C=O) groups is 2. The van der Waals surface area contributed by atoms with Crippen molar-refractivity contribution in [1.29, 1.82) is 0 Å². The SMILES string of the molecule is CNCCC(=O)N1CCCC1C(=O)Nc1cc(Cl)cc(Cl)c1.Cl. The maximum absolute atomic E-state index is 12.4. The molecule has 0 radical (unpaired) electrons. The van der Waals surface area contributed by atoms with Gasteiger partial charge < -0.3 is 15.5 Å². The number of rotatable bonds is 5. The standard InChI is InChI=1S/C15H19Cl2N3O2.ClH/c1-18-5-4-14(21)20-6-2-3-13(20)15(22)19-12-8-10(16)7-11(17)9-12;/h7-9,13,18H,2-6H2,1H3,(H,19,22);1H. The van der Waals surface area contributed by atoms with Crippen LogP contribution in [0.5, 0.6) is 0 Å². The number of hydrogen-bond donors (Lipinski definition) is 2. The number of hydrogen-bond acceptors (Lipinski definition) is 3. The molecule has 2 rings (SSSR count). The van der Waals surface area contributed by atoms with Crippen LogP contribution in [0.25, 0.3) is 0 Å². The highest BCUT2D eigenvalue weighted by atomic mass is 35.5. The maximum atomic E-state index is 12.4. The fourth-order valence-corrected chi connectivity index (χ4v) is 3.09. The monoisotopic (exact) mass is 379 g/mol. The first-order valence-electron chi connectivity index (χ1n) is 7.22. The van der Waals surface area contributed by atoms with Gasteiger partial charge in [0, 0.05) is 35.2 Å². The molecule has 2 N–H and O–H groups in total. The Morgan fingerprint density at radius 1 is 1.26 bits per heavy atom. The molecule has 2 amide bonds. The van der Waals surface area contributed by atoms with Crippen LogP contribution in [-0.2, 0) is 9.59 Å². The third-order valence-electron chi connectivity index (χ3n) is 3.59. The first-order valence-corrected chi connectivity index (χ1v) is 7.98. The largest absolute Gasteiger partial charge is 0.331 e. The summed E-state index contributed by atoms with van der Waals surface area (Å²) in [5, 5.41) is 6.64. The molecule has 0 aromatic heterocycles. The molecule has 1 atom stereocenters. The lowest BCUT2D eigenvalue weighted by Gasteiger charge is -2.24. The Morgan fingerprint density at radius 3 is 2.52 bits per heavy atom. The van der Waals surface area contributed by atoms with Gasteiger partial charge in [0.05, 0.1) is 0 Å². The molecule has 8 heteroatoms. The molecule has 5 nitrogen and oxygen atoms in total. The van der Waals surface area contributed by atoms with E-state index in [-0.39, 0.29) is 24.2 Å². The molecule has 1 saturated heterocycles. The normalized spacial score (nSPS) is 16.8. The van der Waals surface area contributed by atoms with E-state index in [0.717, 1.165) is 6.42 Å². The fourth-order valence-electron chi connectivity index (χ4n) is 2.56. The van der Waals surface area contributed by atoms with E-state index in [4.69, 9.17) is 23.2 Å². The summed E-state index contributed by atoms with van der Waals surface area (Å²) in [7, 11) is 1.80. The molecule has 1 aromatic carbocycles. The lowest BCUT2D eigenvalue weighted by Crippen LogP contribution is -2.43. The minimum absolute atomic E-state index is 0. The Bertz CT molecular complexity index is 549. The summed E-state index contributed by atoms with van der Waals surface area (Å²) in [6, 6.07) is 4.44. The van der Waals surface area contributed by atoms with E-state index in [1.807, 2.05) is 0 Å². The fraction of sp³-hybridized carbons (Fsp3) is 0.467. The zero-order chi connectivity index (χ0) is 16.1. The van der Waals surface area contributed by atoms with Gasteiger partial charge in [-0.05, 0) is 38.1 Å². The molecule has 23 heavy (non-hydrogen) atoms. The number of nitrogens with one attached hydrogen (secondary N) is 2. The topological polar surface area (TPSA) is 61.4 Å². The van der Waals surface area contributed by atoms with Gasteiger partial charge in [0.25, 0.3) is 0 Å². The van der Waals surface area contributed by atoms with Gasteiger partial charge in [-0.1, -0.05) is 23.2 Å². The second kappa shape index (κ2) is 9.33. The van der Waals surface area contributed by atoms with E-state index in [0.29, 0.717) is 41.7 Å². The molecule has 1 fully saturated rings. The maximum Gasteiger partial charge on any atom is 0.247 e. The van der Waals surface area contributed by atoms with Crippen molar-refractivity contribution >= 4 is 53.1 Å². The highest BCUT2D eigenvalue weighted by Crippen LogP contribution is 2.24. The predicted molar refractivity (Wildman–Crippen MR) is 95.6 cm³/mol. The van der Waals surface area contributed by atoms with E-state index in [2.05, 4.69) is 10.6 Å². The third kappa shape index (κ3) is 5.53. The summed E-state index contributed by atoms with van der Waals surface area (Å²) in [5.74, 6) is -0.204. The second-order valence-electron chi connectivity index (χ2n) is 5.25. The summed E-state index contributed by atoms with van der Waals surface area (Å²) in [4.78, 5) is 26.2. The summed E-state index contributed by atoms with van der Waals surface area (Å²) in [6.45, 7) is 1.23. The van der Waals surface area contributed by atoms with Gasteiger partial charge in [-0.15, -0.1) is 12.4 Å². The zero-order valence-corrected chi connectivity index (χ0v) is 15.1. The van der Waals surface area contributed by atoms with Gasteiger partial charge in [0.15, 0.2) is 0 Å². The van der Waals surface area contributed by atoms with Crippen molar-refractivity contribution in [2.45, 2.75) is 25.3 Å². The number of nitrogens with zero attached hydrogens (tertiary/aromatic N) is 1. The van der Waals surface area contributed by atoms with Crippen molar-refractivity contribution in [2.24, 2.45) is 0 Å². The van der Waals surface area contributed by atoms with Crippen LogP contribution in [0, 0.1) is 0 Å². The van der Waals surface area contributed by atoms with Gasteiger partial charge in [-0.2, -0.15) is 0 Å². The highest BCUT2D eigenvalue weighted by Gasteiger charge is 2.33. The van der Waals surface area contributed by atoms with Crippen molar-refractivity contribution in [2.75, 3.05) is 25.5 Å². The molecule has 1 heterocycles. The van der Waals surface area contributed by atoms with Crippen LogP contribution in [0.15, 0.2) is 18.2 Å². The average Bonchev–Trinajstić information content (AvgIpc) is 2.93. The molecule has 1 aliphatic rings. The first-order chi connectivity index (χ1) is 10.5. The molecular weight excluding hydrogens is 361 g/mol. The van der Waals surface area contributed by atoms with Gasteiger partial charge in [0.2, 0.25) is 11.8 Å².